The first-order valence-electron chi connectivity index (χ1n) is 8.92. The Bertz CT molecular complexity index is 797. The van der Waals surface area contributed by atoms with Gasteiger partial charge in [0.1, 0.15) is 12.1 Å². The molecule has 2 aliphatic heterocycles. The van der Waals surface area contributed by atoms with Gasteiger partial charge in [-0.2, -0.15) is 13.2 Å². The van der Waals surface area contributed by atoms with Gasteiger partial charge in [-0.05, 0) is 30.5 Å². The highest BCUT2D eigenvalue weighted by Crippen LogP contribution is 2.30. The van der Waals surface area contributed by atoms with Crippen LogP contribution in [-0.2, 0) is 15.8 Å². The van der Waals surface area contributed by atoms with E-state index in [0.717, 1.165) is 12.1 Å². The molecule has 1 aromatic rings. The van der Waals surface area contributed by atoms with Crippen molar-refractivity contribution in [3.8, 4) is 0 Å². The smallest absolute Gasteiger partial charge is 0.342 e. The van der Waals surface area contributed by atoms with Crippen LogP contribution < -0.4 is 16.0 Å². The second-order valence-corrected chi connectivity index (χ2v) is 7.35. The zero-order valence-electron chi connectivity index (χ0n) is 15.3. The number of benzene rings is 1. The minimum atomic E-state index is -4.51. The fourth-order valence-corrected chi connectivity index (χ4v) is 3.50. The van der Waals surface area contributed by atoms with Crippen LogP contribution in [0, 0.1) is 5.92 Å². The minimum absolute atomic E-state index is 0.00302. The molecule has 152 valence electrons. The van der Waals surface area contributed by atoms with Crippen molar-refractivity contribution in [2.24, 2.45) is 5.92 Å². The largest absolute Gasteiger partial charge is 0.416 e. The molecule has 3 N–H and O–H groups in total. The Kier molecular flexibility index (Phi) is 5.22. The topological polar surface area (TPSA) is 90.5 Å². The molecule has 0 radical (unpaired) electrons. The van der Waals surface area contributed by atoms with E-state index in [0.29, 0.717) is 0 Å². The van der Waals surface area contributed by atoms with Gasteiger partial charge in [-0.3, -0.25) is 9.59 Å². The van der Waals surface area contributed by atoms with Crippen LogP contribution in [0.1, 0.15) is 25.8 Å². The highest BCUT2D eigenvalue weighted by Gasteiger charge is 2.47. The van der Waals surface area contributed by atoms with Gasteiger partial charge in [0.05, 0.1) is 11.6 Å². The molecule has 2 saturated heterocycles. The van der Waals surface area contributed by atoms with Crippen molar-refractivity contribution in [2.45, 2.75) is 44.6 Å². The molecule has 1 aromatic carbocycles. The number of rotatable bonds is 3. The van der Waals surface area contributed by atoms with Gasteiger partial charge >= 0.3 is 12.2 Å². The Hall–Kier alpha value is -2.78. The van der Waals surface area contributed by atoms with Crippen molar-refractivity contribution < 1.29 is 27.6 Å². The maximum Gasteiger partial charge on any atom is 0.416 e. The number of hydrogen-bond acceptors (Lipinski definition) is 3. The van der Waals surface area contributed by atoms with E-state index in [1.807, 2.05) is 13.8 Å². The number of halogens is 3. The average Bonchev–Trinajstić information content (AvgIpc) is 3.01. The number of urea groups is 1. The fourth-order valence-electron chi connectivity index (χ4n) is 3.50. The summed E-state index contributed by atoms with van der Waals surface area (Å²) in [6.45, 7) is 3.84. The van der Waals surface area contributed by atoms with E-state index in [4.69, 9.17) is 0 Å². The number of amides is 4. The lowest BCUT2D eigenvalue weighted by atomic mass is 9.98. The molecule has 28 heavy (non-hydrogen) atoms. The first kappa shape index (κ1) is 20.0. The molecule has 0 unspecified atom stereocenters. The third kappa shape index (κ3) is 4.05. The Balaban J connectivity index is 1.62. The van der Waals surface area contributed by atoms with Crippen LogP contribution in [0.15, 0.2) is 24.3 Å². The number of nitrogens with zero attached hydrogens (tertiary/aromatic N) is 1. The number of anilines is 1. The van der Waals surface area contributed by atoms with Gasteiger partial charge in [0.25, 0.3) is 0 Å². The summed E-state index contributed by atoms with van der Waals surface area (Å²) in [5, 5.41) is 7.69. The Morgan fingerprint density at radius 2 is 2.00 bits per heavy atom. The number of carbonyl (C=O) groups excluding carboxylic acids is 3. The van der Waals surface area contributed by atoms with Crippen LogP contribution in [0.2, 0.25) is 0 Å². The SMILES string of the molecule is CC(C)[C@@H]1NC(=O)[C@@H]2C[C@H](NC(=O)Nc3cccc(C(F)(F)F)c3)CN2C1=O. The zero-order chi connectivity index (χ0) is 20.6. The van der Waals surface area contributed by atoms with Gasteiger partial charge in [0, 0.05) is 12.2 Å². The Morgan fingerprint density at radius 3 is 2.64 bits per heavy atom. The summed E-state index contributed by atoms with van der Waals surface area (Å²) in [4.78, 5) is 38.4. The predicted molar refractivity (Wildman–Crippen MR) is 94.3 cm³/mol. The third-order valence-corrected chi connectivity index (χ3v) is 4.90. The van der Waals surface area contributed by atoms with E-state index in [2.05, 4.69) is 16.0 Å². The van der Waals surface area contributed by atoms with Crippen molar-refractivity contribution >= 4 is 23.5 Å². The third-order valence-electron chi connectivity index (χ3n) is 4.90. The molecule has 4 amide bonds. The van der Waals surface area contributed by atoms with Gasteiger partial charge in [-0.1, -0.05) is 19.9 Å². The number of piperazine rings is 1. The van der Waals surface area contributed by atoms with Gasteiger partial charge in [0.2, 0.25) is 11.8 Å². The second kappa shape index (κ2) is 7.33. The molecule has 3 atom stereocenters. The maximum absolute atomic E-state index is 12.8. The standard InChI is InChI=1S/C18H21F3N4O3/c1-9(2)14-16(27)25-8-12(7-13(25)15(26)24-14)23-17(28)22-11-5-3-4-10(6-11)18(19,20)21/h3-6,9,12-14H,7-8H2,1-2H3,(H,24,26)(H2,22,23,28)/t12-,13-,14-/m0/s1. The summed E-state index contributed by atoms with van der Waals surface area (Å²) in [5.74, 6) is -0.517. The molecule has 0 aliphatic carbocycles. The van der Waals surface area contributed by atoms with Crippen LogP contribution in [0.3, 0.4) is 0 Å². The van der Waals surface area contributed by atoms with Gasteiger partial charge < -0.3 is 20.9 Å². The molecule has 0 saturated carbocycles. The lowest BCUT2D eigenvalue weighted by Gasteiger charge is -2.36. The van der Waals surface area contributed by atoms with E-state index in [9.17, 15) is 27.6 Å². The maximum atomic E-state index is 12.8. The molecule has 2 fully saturated rings. The van der Waals surface area contributed by atoms with Crippen LogP contribution in [-0.4, -0.2) is 47.4 Å². The number of alkyl halides is 3. The summed E-state index contributed by atoms with van der Waals surface area (Å²) in [5.41, 5.74) is -0.873. The van der Waals surface area contributed by atoms with Crippen molar-refractivity contribution in [3.05, 3.63) is 29.8 Å². The predicted octanol–water partition coefficient (Wildman–Crippen LogP) is 1.95. The van der Waals surface area contributed by atoms with Crippen LogP contribution in [0.4, 0.5) is 23.7 Å². The number of hydrogen-bond donors (Lipinski definition) is 3. The summed E-state index contributed by atoms with van der Waals surface area (Å²) in [7, 11) is 0. The zero-order valence-corrected chi connectivity index (χ0v) is 15.3. The normalized spacial score (nSPS) is 24.8. The summed E-state index contributed by atoms with van der Waals surface area (Å²) in [6, 6.07) is 1.87. The highest BCUT2D eigenvalue weighted by atomic mass is 19.4. The summed E-state index contributed by atoms with van der Waals surface area (Å²) < 4.78 is 38.3. The van der Waals surface area contributed by atoms with Crippen molar-refractivity contribution in [1.29, 1.82) is 0 Å². The molecule has 0 aromatic heterocycles. The fraction of sp³-hybridized carbons (Fsp3) is 0.500. The average molecular weight is 398 g/mol. The van der Waals surface area contributed by atoms with E-state index < -0.39 is 35.9 Å². The molecular weight excluding hydrogens is 377 g/mol. The quantitative estimate of drug-likeness (QED) is 0.727. The van der Waals surface area contributed by atoms with Crippen LogP contribution >= 0.6 is 0 Å². The molecule has 2 heterocycles. The first-order valence-corrected chi connectivity index (χ1v) is 8.92. The van der Waals surface area contributed by atoms with Crippen LogP contribution in [0.5, 0.6) is 0 Å². The first-order chi connectivity index (χ1) is 13.1. The molecule has 10 heteroatoms. The molecule has 0 spiro atoms. The summed E-state index contributed by atoms with van der Waals surface area (Å²) in [6.07, 6.45) is -4.26. The van der Waals surface area contributed by atoms with Gasteiger partial charge in [-0.25, -0.2) is 4.79 Å². The number of fused-ring (bicyclic) bond motifs is 1. The minimum Gasteiger partial charge on any atom is -0.342 e. The second-order valence-electron chi connectivity index (χ2n) is 7.35. The van der Waals surface area contributed by atoms with Gasteiger partial charge in [-0.15, -0.1) is 0 Å². The van der Waals surface area contributed by atoms with Crippen LogP contribution in [0.25, 0.3) is 0 Å². The Labute approximate surface area is 159 Å². The molecule has 2 aliphatic rings. The van der Waals surface area contributed by atoms with E-state index in [1.54, 1.807) is 0 Å². The molecule has 3 rings (SSSR count). The lowest BCUT2D eigenvalue weighted by molar-refractivity contribution is -0.148. The van der Waals surface area contributed by atoms with E-state index in [-0.39, 0.29) is 36.4 Å². The monoisotopic (exact) mass is 398 g/mol. The highest BCUT2D eigenvalue weighted by molar-refractivity contribution is 5.98. The molecule has 7 nitrogen and oxygen atoms in total. The van der Waals surface area contributed by atoms with E-state index >= 15 is 0 Å². The summed E-state index contributed by atoms with van der Waals surface area (Å²) >= 11 is 0. The Morgan fingerprint density at radius 1 is 1.29 bits per heavy atom. The van der Waals surface area contributed by atoms with E-state index in [1.165, 1.54) is 17.0 Å². The van der Waals surface area contributed by atoms with Gasteiger partial charge in [0.15, 0.2) is 0 Å². The van der Waals surface area contributed by atoms with Crippen molar-refractivity contribution in [3.63, 3.8) is 0 Å². The number of carbonyl (C=O) groups is 3. The van der Waals surface area contributed by atoms with Crippen molar-refractivity contribution in [2.75, 3.05) is 11.9 Å². The molecular formula is C18H21F3N4O3. The van der Waals surface area contributed by atoms with Crippen molar-refractivity contribution in [1.82, 2.24) is 15.5 Å². The number of nitrogens with one attached hydrogen (secondary N) is 3. The lowest BCUT2D eigenvalue weighted by Crippen LogP contribution is -2.62. The molecule has 0 bridgehead atoms.